The van der Waals surface area contributed by atoms with E-state index in [1.165, 1.54) is 10.9 Å². The number of hydrogen-bond donors (Lipinski definition) is 2. The number of carbonyl (C=O) groups is 2. The molecule has 3 N–H and O–H groups in total. The van der Waals surface area contributed by atoms with Gasteiger partial charge >= 0.3 is 6.03 Å². The second-order valence-corrected chi connectivity index (χ2v) is 10.4. The van der Waals surface area contributed by atoms with Crippen LogP contribution in [0.3, 0.4) is 0 Å². The first kappa shape index (κ1) is 24.2. The Labute approximate surface area is 221 Å². The van der Waals surface area contributed by atoms with Gasteiger partial charge in [0.25, 0.3) is 0 Å². The number of ether oxygens (including phenoxy) is 1. The Morgan fingerprint density at radius 3 is 2.61 bits per heavy atom. The maximum absolute atomic E-state index is 13.4. The number of benzene rings is 1. The Hall–Kier alpha value is -4.14. The first-order valence-corrected chi connectivity index (χ1v) is 13.3. The summed E-state index contributed by atoms with van der Waals surface area (Å²) in [6.07, 6.45) is 9.50. The van der Waals surface area contributed by atoms with E-state index in [0.29, 0.717) is 30.4 Å². The van der Waals surface area contributed by atoms with E-state index < -0.39 is 5.91 Å². The van der Waals surface area contributed by atoms with Gasteiger partial charge in [0.1, 0.15) is 11.4 Å². The quantitative estimate of drug-likeness (QED) is 0.413. The number of likely N-dealkylation sites (tertiary alicyclic amines) is 2. The Kier molecular flexibility index (Phi) is 6.57. The predicted octanol–water partition coefficient (Wildman–Crippen LogP) is 4.30. The maximum Gasteiger partial charge on any atom is 0.320 e. The number of amides is 3. The number of aromatic amines is 1. The van der Waals surface area contributed by atoms with Crippen LogP contribution in [-0.2, 0) is 0 Å². The van der Waals surface area contributed by atoms with Gasteiger partial charge in [-0.25, -0.2) is 9.78 Å². The van der Waals surface area contributed by atoms with Crippen LogP contribution in [0, 0.1) is 5.92 Å². The number of fused-ring (bicyclic) bond motifs is 3. The minimum atomic E-state index is -0.452. The SMILES string of the molecule is NC(=O)c1ccc(OCC2CCCN(C(=O)N3CCC(c4ccnc5cnc6[nH]ccc6c45)CC3)C2)cc1. The molecule has 5 heterocycles. The van der Waals surface area contributed by atoms with Gasteiger partial charge in [0.05, 0.1) is 18.3 Å². The van der Waals surface area contributed by atoms with Gasteiger partial charge in [-0.3, -0.25) is 9.78 Å². The van der Waals surface area contributed by atoms with E-state index in [4.69, 9.17) is 10.5 Å². The van der Waals surface area contributed by atoms with Crippen molar-refractivity contribution in [1.29, 1.82) is 0 Å². The molecule has 0 radical (unpaired) electrons. The third kappa shape index (κ3) is 4.76. The first-order chi connectivity index (χ1) is 18.6. The topological polar surface area (TPSA) is 117 Å². The monoisotopic (exact) mass is 512 g/mol. The summed E-state index contributed by atoms with van der Waals surface area (Å²) < 4.78 is 5.96. The van der Waals surface area contributed by atoms with Crippen LogP contribution in [-0.4, -0.2) is 69.5 Å². The standard InChI is InChI=1S/C29H32N6O3/c30-27(36)21-3-5-22(6-4-21)38-18-19-2-1-13-35(17-19)29(37)34-14-9-20(10-15-34)23-7-11-31-25-16-33-28-24(26(23)25)8-12-32-28/h3-8,11-12,16,19-20H,1-2,9-10,13-15,17-18H2,(H2,30,36)(H,32,33). The zero-order chi connectivity index (χ0) is 26.1. The van der Waals surface area contributed by atoms with Crippen molar-refractivity contribution >= 4 is 33.9 Å². The van der Waals surface area contributed by atoms with Gasteiger partial charge in [0, 0.05) is 60.8 Å². The lowest BCUT2D eigenvalue weighted by Gasteiger charge is -2.39. The van der Waals surface area contributed by atoms with Crippen LogP contribution in [0.15, 0.2) is 55.0 Å². The molecule has 1 aromatic carbocycles. The second-order valence-electron chi connectivity index (χ2n) is 10.4. The molecular formula is C29H32N6O3. The van der Waals surface area contributed by atoms with Crippen molar-refractivity contribution in [3.8, 4) is 5.75 Å². The largest absolute Gasteiger partial charge is 0.493 e. The van der Waals surface area contributed by atoms with Crippen molar-refractivity contribution < 1.29 is 14.3 Å². The van der Waals surface area contributed by atoms with Crippen LogP contribution >= 0.6 is 0 Å². The van der Waals surface area contributed by atoms with Crippen molar-refractivity contribution in [1.82, 2.24) is 24.8 Å². The van der Waals surface area contributed by atoms with Crippen LogP contribution < -0.4 is 10.5 Å². The summed E-state index contributed by atoms with van der Waals surface area (Å²) in [6, 6.07) is 11.2. The fourth-order valence-corrected chi connectivity index (χ4v) is 5.91. The lowest BCUT2D eigenvalue weighted by molar-refractivity contribution is 0.1000. The molecule has 2 saturated heterocycles. The van der Waals surface area contributed by atoms with Crippen molar-refractivity contribution in [2.45, 2.75) is 31.6 Å². The average Bonchev–Trinajstić information content (AvgIpc) is 3.45. The molecule has 0 spiro atoms. The predicted molar refractivity (Wildman–Crippen MR) is 145 cm³/mol. The van der Waals surface area contributed by atoms with Crippen LogP contribution in [0.2, 0.25) is 0 Å². The van der Waals surface area contributed by atoms with Gasteiger partial charge in [-0.1, -0.05) is 0 Å². The molecule has 38 heavy (non-hydrogen) atoms. The number of nitrogens with two attached hydrogens (primary N) is 1. The van der Waals surface area contributed by atoms with E-state index in [0.717, 1.165) is 61.9 Å². The summed E-state index contributed by atoms with van der Waals surface area (Å²) in [6.45, 7) is 3.53. The molecule has 3 aromatic heterocycles. The molecule has 9 heteroatoms. The zero-order valence-corrected chi connectivity index (χ0v) is 21.3. The van der Waals surface area contributed by atoms with E-state index in [1.54, 1.807) is 24.3 Å². The number of carbonyl (C=O) groups excluding carboxylic acids is 2. The highest BCUT2D eigenvalue weighted by molar-refractivity contribution is 6.05. The maximum atomic E-state index is 13.4. The third-order valence-electron chi connectivity index (χ3n) is 7.94. The number of aromatic nitrogens is 3. The summed E-state index contributed by atoms with van der Waals surface area (Å²) in [7, 11) is 0. The van der Waals surface area contributed by atoms with Gasteiger partial charge < -0.3 is 25.3 Å². The zero-order valence-electron chi connectivity index (χ0n) is 21.3. The van der Waals surface area contributed by atoms with Crippen molar-refractivity contribution in [3.05, 3.63) is 66.1 Å². The summed E-state index contributed by atoms with van der Waals surface area (Å²) in [5.74, 6) is 0.915. The fraction of sp³-hybridized carbons (Fsp3) is 0.379. The molecule has 196 valence electrons. The smallest absolute Gasteiger partial charge is 0.320 e. The number of urea groups is 1. The highest BCUT2D eigenvalue weighted by Crippen LogP contribution is 2.35. The van der Waals surface area contributed by atoms with Crippen molar-refractivity contribution in [2.75, 3.05) is 32.8 Å². The van der Waals surface area contributed by atoms with Gasteiger partial charge in [-0.2, -0.15) is 0 Å². The number of pyridine rings is 2. The number of nitrogens with one attached hydrogen (secondary N) is 1. The Balaban J connectivity index is 1.06. The molecule has 4 aromatic rings. The van der Waals surface area contributed by atoms with E-state index in [1.807, 2.05) is 28.4 Å². The van der Waals surface area contributed by atoms with Gasteiger partial charge in [-0.05, 0) is 73.6 Å². The summed E-state index contributed by atoms with van der Waals surface area (Å²) in [4.78, 5) is 40.9. The molecule has 2 fully saturated rings. The number of H-pyrrole nitrogens is 1. The summed E-state index contributed by atoms with van der Waals surface area (Å²) in [5.41, 5.74) is 8.86. The molecule has 0 aliphatic carbocycles. The van der Waals surface area contributed by atoms with Crippen LogP contribution in [0.1, 0.15) is 47.5 Å². The van der Waals surface area contributed by atoms with Gasteiger partial charge in [0.15, 0.2) is 0 Å². The minimum Gasteiger partial charge on any atom is -0.493 e. The Morgan fingerprint density at radius 2 is 1.82 bits per heavy atom. The number of primary amides is 1. The molecule has 1 atom stereocenters. The van der Waals surface area contributed by atoms with E-state index in [2.05, 4.69) is 27.1 Å². The van der Waals surface area contributed by atoms with Gasteiger partial charge in [0.2, 0.25) is 5.91 Å². The summed E-state index contributed by atoms with van der Waals surface area (Å²) >= 11 is 0. The normalized spacial score (nSPS) is 18.7. The number of nitrogens with zero attached hydrogens (tertiary/aromatic N) is 4. The highest BCUT2D eigenvalue weighted by Gasteiger charge is 2.31. The lowest BCUT2D eigenvalue weighted by atomic mass is 9.87. The number of piperidine rings is 2. The Bertz CT molecular complexity index is 1460. The third-order valence-corrected chi connectivity index (χ3v) is 7.94. The van der Waals surface area contributed by atoms with Crippen LogP contribution in [0.4, 0.5) is 4.79 Å². The number of hydrogen-bond acceptors (Lipinski definition) is 5. The Morgan fingerprint density at radius 1 is 1.00 bits per heavy atom. The fourth-order valence-electron chi connectivity index (χ4n) is 5.91. The minimum absolute atomic E-state index is 0.135. The molecule has 2 aliphatic heterocycles. The highest BCUT2D eigenvalue weighted by atomic mass is 16.5. The molecular weight excluding hydrogens is 480 g/mol. The second kappa shape index (κ2) is 10.3. The van der Waals surface area contributed by atoms with Gasteiger partial charge in [-0.15, -0.1) is 0 Å². The van der Waals surface area contributed by atoms with Crippen molar-refractivity contribution in [2.24, 2.45) is 11.7 Å². The first-order valence-electron chi connectivity index (χ1n) is 13.3. The molecule has 1 unspecified atom stereocenters. The molecule has 6 rings (SSSR count). The molecule has 9 nitrogen and oxygen atoms in total. The average molecular weight is 513 g/mol. The van der Waals surface area contributed by atoms with Crippen molar-refractivity contribution in [3.63, 3.8) is 0 Å². The van der Waals surface area contributed by atoms with E-state index in [-0.39, 0.29) is 11.9 Å². The molecule has 3 amide bonds. The number of rotatable bonds is 5. The van der Waals surface area contributed by atoms with Crippen LogP contribution in [0.5, 0.6) is 5.75 Å². The molecule has 0 saturated carbocycles. The van der Waals surface area contributed by atoms with E-state index in [9.17, 15) is 9.59 Å². The van der Waals surface area contributed by atoms with E-state index >= 15 is 0 Å². The molecule has 2 aliphatic rings. The lowest BCUT2D eigenvalue weighted by Crippen LogP contribution is -2.50. The summed E-state index contributed by atoms with van der Waals surface area (Å²) in [5, 5.41) is 2.28. The van der Waals surface area contributed by atoms with Crippen LogP contribution in [0.25, 0.3) is 21.9 Å². The molecule has 0 bridgehead atoms.